The van der Waals surface area contributed by atoms with Gasteiger partial charge in [-0.25, -0.2) is 0 Å². The van der Waals surface area contributed by atoms with Crippen LogP contribution in [0.3, 0.4) is 0 Å². The Labute approximate surface area is 108 Å². The first-order valence-corrected chi connectivity index (χ1v) is 0. The maximum atomic E-state index is 0. The Morgan fingerprint density at radius 1 is 0.375 bits per heavy atom. The van der Waals surface area contributed by atoms with Crippen LogP contribution in [-0.4, -0.2) is 0 Å². The van der Waals surface area contributed by atoms with Gasteiger partial charge in [-0.05, 0) is 0 Å². The molecule has 0 heterocycles. The zero-order valence-corrected chi connectivity index (χ0v) is 10.3. The van der Waals surface area contributed by atoms with Gasteiger partial charge in [0.05, 0.1) is 0 Å². The van der Waals surface area contributed by atoms with Gasteiger partial charge in [0.25, 0.3) is 0 Å². The molecular formula is F6NdPr. The minimum absolute atomic E-state index is 0. The predicted octanol–water partition coefficient (Wildman–Crippen LogP) is -18.0. The molecule has 8 heteroatoms. The van der Waals surface area contributed by atoms with Crippen LogP contribution >= 0.6 is 0 Å². The molecule has 0 saturated carbocycles. The molecule has 0 N–H and O–H groups in total. The van der Waals surface area contributed by atoms with Gasteiger partial charge in [0.1, 0.15) is 0 Å². The van der Waals surface area contributed by atoms with Crippen molar-refractivity contribution in [3.63, 3.8) is 0 Å². The second kappa shape index (κ2) is 121. The van der Waals surface area contributed by atoms with Gasteiger partial charge in [0.2, 0.25) is 0 Å². The molecule has 0 nitrogen and oxygen atoms in total. The molecule has 0 aliphatic carbocycles. The van der Waals surface area contributed by atoms with Crippen LogP contribution in [0.15, 0.2) is 0 Å². The quantitative estimate of drug-likeness (QED) is 0.355. The van der Waals surface area contributed by atoms with Crippen LogP contribution in [0.2, 0.25) is 0 Å². The second-order valence-electron chi connectivity index (χ2n) is 0. The van der Waals surface area contributed by atoms with E-state index in [1.165, 1.54) is 0 Å². The largest absolute Gasteiger partial charge is 3.00 e. The minimum atomic E-state index is 0. The van der Waals surface area contributed by atoms with Crippen molar-refractivity contribution < 1.29 is 110 Å². The van der Waals surface area contributed by atoms with E-state index in [0.717, 1.165) is 0 Å². The minimum Gasteiger partial charge on any atom is -1.00 e. The summed E-state index contributed by atoms with van der Waals surface area (Å²) >= 11 is 0. The molecule has 0 fully saturated rings. The van der Waals surface area contributed by atoms with Gasteiger partial charge in [-0.3, -0.25) is 0 Å². The van der Waals surface area contributed by atoms with Gasteiger partial charge < -0.3 is 28.2 Å². The molecule has 49 valence electrons. The molecule has 0 rings (SSSR count). The van der Waals surface area contributed by atoms with Crippen molar-refractivity contribution in [3.05, 3.63) is 0 Å². The molecule has 0 aromatic rings. The Kier molecular flexibility index (Phi) is 2570. The molecule has 0 aromatic carbocycles. The van der Waals surface area contributed by atoms with Crippen molar-refractivity contribution in [3.8, 4) is 0 Å². The van der Waals surface area contributed by atoms with Crippen LogP contribution < -0.4 is 28.2 Å². The molecule has 0 aliphatic rings. The molecule has 0 atom stereocenters. The Morgan fingerprint density at radius 2 is 0.375 bits per heavy atom. The molecule has 0 amide bonds. The van der Waals surface area contributed by atoms with Crippen molar-refractivity contribution in [1.82, 2.24) is 0 Å². The van der Waals surface area contributed by atoms with Crippen LogP contribution in [0.1, 0.15) is 0 Å². The third-order valence-electron chi connectivity index (χ3n) is 0. The summed E-state index contributed by atoms with van der Waals surface area (Å²) in [6.45, 7) is 0. The van der Waals surface area contributed by atoms with Gasteiger partial charge >= 0.3 is 82.1 Å². The van der Waals surface area contributed by atoms with Gasteiger partial charge in [0, 0.05) is 0 Å². The summed E-state index contributed by atoms with van der Waals surface area (Å²) in [6, 6.07) is 0. The first kappa shape index (κ1) is 169. The summed E-state index contributed by atoms with van der Waals surface area (Å²) in [7, 11) is 0. The summed E-state index contributed by atoms with van der Waals surface area (Å²) in [4.78, 5) is 0. The standard InChI is InChI=1S/6FH.Nd.Pr/h6*1H;;/q;;;;;;2*+3/p-6. The van der Waals surface area contributed by atoms with Crippen molar-refractivity contribution in [2.75, 3.05) is 0 Å². The monoisotopic (exact) mass is 397 g/mol. The van der Waals surface area contributed by atoms with Crippen molar-refractivity contribution in [2.24, 2.45) is 0 Å². The summed E-state index contributed by atoms with van der Waals surface area (Å²) in [5, 5.41) is 0. The van der Waals surface area contributed by atoms with Crippen LogP contribution in [0.25, 0.3) is 0 Å². The molecule has 1 radical (unpaired) electrons. The normalized spacial score (nSPS) is 0. The Hall–Kier alpha value is 2.29. The van der Waals surface area contributed by atoms with E-state index in [1.54, 1.807) is 0 Å². The first-order chi connectivity index (χ1) is 0. The van der Waals surface area contributed by atoms with Crippen molar-refractivity contribution in [2.45, 2.75) is 0 Å². The maximum Gasteiger partial charge on any atom is 3.00 e. The van der Waals surface area contributed by atoms with E-state index in [9.17, 15) is 0 Å². The second-order valence-corrected chi connectivity index (χ2v) is 0. The average Bonchev–Trinajstić information content (AvgIpc) is 0. The fourth-order valence-corrected chi connectivity index (χ4v) is 0. The SMILES string of the molecule is [F-].[F-].[F-].[F-].[F-].[F-].[Nd+3].[Pr+3]. The third kappa shape index (κ3) is 83.8. The molecule has 0 aliphatic heterocycles. The Balaban J connectivity index is 0. The van der Waals surface area contributed by atoms with Gasteiger partial charge in [-0.2, -0.15) is 0 Å². The third-order valence-corrected chi connectivity index (χ3v) is 0. The molecule has 0 unspecified atom stereocenters. The van der Waals surface area contributed by atoms with E-state index in [2.05, 4.69) is 0 Å². The zero-order valence-electron chi connectivity index (χ0n) is 3.35. The average molecular weight is 399 g/mol. The predicted molar refractivity (Wildman–Crippen MR) is 0 cm³/mol. The fraction of sp³-hybridized carbons (Fsp3) is 0. The van der Waals surface area contributed by atoms with Gasteiger partial charge in [-0.1, -0.05) is 0 Å². The van der Waals surface area contributed by atoms with Gasteiger partial charge in [0.15, 0.2) is 0 Å². The molecular weight excluding hydrogens is 399 g/mol. The van der Waals surface area contributed by atoms with E-state index in [1.807, 2.05) is 0 Å². The zero-order chi connectivity index (χ0) is 0. The summed E-state index contributed by atoms with van der Waals surface area (Å²) in [5.74, 6) is 0. The number of halogens is 6. The molecule has 8 heavy (non-hydrogen) atoms. The number of hydrogen-bond donors (Lipinski definition) is 0. The number of rotatable bonds is 0. The molecule has 0 saturated heterocycles. The smallest absolute Gasteiger partial charge is 1.00 e. The van der Waals surface area contributed by atoms with Gasteiger partial charge in [-0.15, -0.1) is 0 Å². The van der Waals surface area contributed by atoms with E-state index < -0.39 is 0 Å². The Morgan fingerprint density at radius 3 is 0.375 bits per heavy atom. The first-order valence-electron chi connectivity index (χ1n) is 0. The van der Waals surface area contributed by atoms with Crippen LogP contribution in [-0.2, 0) is 0 Å². The summed E-state index contributed by atoms with van der Waals surface area (Å²) in [6.07, 6.45) is 0. The topological polar surface area (TPSA) is 0 Å². The van der Waals surface area contributed by atoms with Crippen molar-refractivity contribution in [1.29, 1.82) is 0 Å². The van der Waals surface area contributed by atoms with Crippen LogP contribution in [0.4, 0.5) is 0 Å². The molecule has 0 bridgehead atoms. The number of hydrogen-bond acceptors (Lipinski definition) is 0. The van der Waals surface area contributed by atoms with Crippen LogP contribution in [0, 0.1) is 82.1 Å². The maximum absolute atomic E-state index is 0. The van der Waals surface area contributed by atoms with Crippen LogP contribution in [0.5, 0.6) is 0 Å². The summed E-state index contributed by atoms with van der Waals surface area (Å²) in [5.41, 5.74) is 0. The van der Waals surface area contributed by atoms with E-state index in [-0.39, 0.29) is 110 Å². The summed E-state index contributed by atoms with van der Waals surface area (Å²) < 4.78 is 0. The van der Waals surface area contributed by atoms with Crippen molar-refractivity contribution >= 4 is 0 Å². The molecule has 0 aromatic heterocycles. The Bertz CT molecular complexity index is 8.49. The molecule has 0 spiro atoms. The fourth-order valence-electron chi connectivity index (χ4n) is 0. The van der Waals surface area contributed by atoms with E-state index in [0.29, 0.717) is 0 Å². The van der Waals surface area contributed by atoms with E-state index >= 15 is 0 Å². The van der Waals surface area contributed by atoms with E-state index in [4.69, 9.17) is 0 Å².